The molecule has 0 saturated carbocycles. The summed E-state index contributed by atoms with van der Waals surface area (Å²) in [6, 6.07) is 23.9. The molecule has 0 atom stereocenters. The van der Waals surface area contributed by atoms with Crippen LogP contribution >= 0.6 is 35.0 Å². The molecular weight excluding hydrogens is 589 g/mol. The third kappa shape index (κ3) is 7.60. The maximum absolute atomic E-state index is 12.9. The van der Waals surface area contributed by atoms with Gasteiger partial charge in [-0.25, -0.2) is 0 Å². The summed E-state index contributed by atoms with van der Waals surface area (Å²) in [6.07, 6.45) is 2.93. The van der Waals surface area contributed by atoms with E-state index in [0.717, 1.165) is 78.4 Å². The second kappa shape index (κ2) is 14.8. The molecule has 0 radical (unpaired) electrons. The van der Waals surface area contributed by atoms with Crippen molar-refractivity contribution in [2.45, 2.75) is 37.8 Å². The molecule has 42 heavy (non-hydrogen) atoms. The molecule has 1 aromatic heterocycles. The fourth-order valence-electron chi connectivity index (χ4n) is 5.06. The second-order valence-electron chi connectivity index (χ2n) is 10.1. The first kappa shape index (κ1) is 30.3. The first-order valence-electron chi connectivity index (χ1n) is 14.3. The largest absolute Gasteiger partial charge is 0.492 e. The molecule has 0 bridgehead atoms. The number of hydrogen-bond donors (Lipinski definition) is 0. The summed E-state index contributed by atoms with van der Waals surface area (Å²) >= 11 is 14.2. The summed E-state index contributed by atoms with van der Waals surface area (Å²) in [5.74, 6) is 2.79. The van der Waals surface area contributed by atoms with Gasteiger partial charge in [0.05, 0.1) is 28.0 Å². The Kier molecular flexibility index (Phi) is 10.7. The van der Waals surface area contributed by atoms with Crippen LogP contribution in [0.2, 0.25) is 10.0 Å². The summed E-state index contributed by atoms with van der Waals surface area (Å²) in [7, 11) is 0. The third-order valence-corrected chi connectivity index (χ3v) is 8.98. The Bertz CT molecular complexity index is 1480. The highest BCUT2D eigenvalue weighted by atomic mass is 35.5. The fourth-order valence-corrected chi connectivity index (χ4v) is 6.32. The number of unbranched alkanes of at least 4 members (excludes halogenated alkanes) is 1. The van der Waals surface area contributed by atoms with E-state index >= 15 is 0 Å². The molecule has 2 heterocycles. The van der Waals surface area contributed by atoms with E-state index in [1.165, 1.54) is 0 Å². The predicted octanol–water partition coefficient (Wildman–Crippen LogP) is 7.17. The van der Waals surface area contributed by atoms with Crippen LogP contribution in [0.5, 0.6) is 5.75 Å². The third-order valence-electron chi connectivity index (χ3n) is 7.22. The van der Waals surface area contributed by atoms with Gasteiger partial charge in [-0.1, -0.05) is 77.4 Å². The normalized spacial score (nSPS) is 13.4. The monoisotopic (exact) mass is 623 g/mol. The molecule has 1 amide bonds. The van der Waals surface area contributed by atoms with Gasteiger partial charge in [0.15, 0.2) is 5.16 Å². The molecule has 1 aliphatic rings. The van der Waals surface area contributed by atoms with Gasteiger partial charge in [0, 0.05) is 44.8 Å². The van der Waals surface area contributed by atoms with Crippen molar-refractivity contribution in [1.29, 1.82) is 0 Å². The summed E-state index contributed by atoms with van der Waals surface area (Å²) < 4.78 is 7.85. The molecule has 1 fully saturated rings. The van der Waals surface area contributed by atoms with Crippen molar-refractivity contribution in [2.75, 3.05) is 43.4 Å². The van der Waals surface area contributed by atoms with Gasteiger partial charge in [0.25, 0.3) is 0 Å². The van der Waals surface area contributed by atoms with Crippen LogP contribution in [0.1, 0.15) is 37.6 Å². The van der Waals surface area contributed by atoms with E-state index in [1.54, 1.807) is 17.8 Å². The molecule has 3 aromatic carbocycles. The van der Waals surface area contributed by atoms with Gasteiger partial charge in [0.1, 0.15) is 11.6 Å². The molecule has 0 spiro atoms. The van der Waals surface area contributed by atoms with E-state index in [1.807, 2.05) is 64.9 Å². The molecule has 1 aliphatic heterocycles. The van der Waals surface area contributed by atoms with Gasteiger partial charge < -0.3 is 14.5 Å². The number of nitrogens with zero attached hydrogens (tertiary/aromatic N) is 5. The standard InChI is InChI=1S/C32H35Cl2N5O2S/c1-2-41-29-13-7-6-12-28(29)37-17-19-38(20-18-37)31(40)14-8-9-21-42-32-36-35-30(22-24-10-4-3-5-11-24)39(32)25-15-16-26(33)27(34)23-25/h3-7,10-13,15-16,23H,2,8-9,14,17-22H2,1H3. The van der Waals surface area contributed by atoms with E-state index < -0.39 is 0 Å². The van der Waals surface area contributed by atoms with Crippen LogP contribution in [0.3, 0.4) is 0 Å². The highest BCUT2D eigenvalue weighted by Crippen LogP contribution is 2.30. The molecule has 0 N–H and O–H groups in total. The number of aromatic nitrogens is 3. The maximum atomic E-state index is 12.9. The summed E-state index contributed by atoms with van der Waals surface area (Å²) in [5.41, 5.74) is 3.13. The van der Waals surface area contributed by atoms with Crippen LogP contribution in [0.4, 0.5) is 5.69 Å². The smallest absolute Gasteiger partial charge is 0.222 e. The van der Waals surface area contributed by atoms with E-state index in [4.69, 9.17) is 27.9 Å². The van der Waals surface area contributed by atoms with E-state index in [2.05, 4.69) is 33.3 Å². The van der Waals surface area contributed by atoms with Crippen molar-refractivity contribution in [3.63, 3.8) is 0 Å². The number of carbonyl (C=O) groups is 1. The van der Waals surface area contributed by atoms with Crippen LogP contribution in [-0.2, 0) is 11.2 Å². The Hall–Kier alpha value is -3.20. The van der Waals surface area contributed by atoms with Crippen molar-refractivity contribution in [2.24, 2.45) is 0 Å². The minimum absolute atomic E-state index is 0.224. The molecule has 0 aliphatic carbocycles. The Balaban J connectivity index is 1.13. The number of ether oxygens (including phenoxy) is 1. The lowest BCUT2D eigenvalue weighted by Crippen LogP contribution is -2.48. The average molecular weight is 625 g/mol. The molecule has 0 unspecified atom stereocenters. The minimum atomic E-state index is 0.224. The number of amides is 1. The van der Waals surface area contributed by atoms with Crippen molar-refractivity contribution < 1.29 is 9.53 Å². The number of halogens is 2. The number of hydrogen-bond acceptors (Lipinski definition) is 6. The molecule has 1 saturated heterocycles. The fraction of sp³-hybridized carbons (Fsp3) is 0.344. The summed E-state index contributed by atoms with van der Waals surface area (Å²) in [4.78, 5) is 17.2. The molecule has 7 nitrogen and oxygen atoms in total. The highest BCUT2D eigenvalue weighted by molar-refractivity contribution is 7.99. The van der Waals surface area contributed by atoms with Gasteiger partial charge in [-0.2, -0.15) is 0 Å². The Morgan fingerprint density at radius 2 is 1.67 bits per heavy atom. The van der Waals surface area contributed by atoms with Gasteiger partial charge in [0.2, 0.25) is 5.91 Å². The zero-order valence-corrected chi connectivity index (χ0v) is 26.0. The lowest BCUT2D eigenvalue weighted by atomic mass is 10.1. The molecule has 10 heteroatoms. The van der Waals surface area contributed by atoms with Gasteiger partial charge in [-0.3, -0.25) is 9.36 Å². The van der Waals surface area contributed by atoms with Crippen LogP contribution in [0, 0.1) is 0 Å². The number of piperazine rings is 1. The van der Waals surface area contributed by atoms with Crippen LogP contribution in [0.25, 0.3) is 5.69 Å². The van der Waals surface area contributed by atoms with Crippen molar-refractivity contribution >= 4 is 46.6 Å². The van der Waals surface area contributed by atoms with E-state index in [0.29, 0.717) is 29.5 Å². The molecule has 220 valence electrons. The Labute approximate surface area is 261 Å². The first-order chi connectivity index (χ1) is 20.5. The molecule has 4 aromatic rings. The van der Waals surface area contributed by atoms with Gasteiger partial charge in [-0.05, 0) is 55.7 Å². The number of benzene rings is 3. The number of carbonyl (C=O) groups excluding carboxylic acids is 1. The van der Waals surface area contributed by atoms with E-state index in [9.17, 15) is 4.79 Å². The highest BCUT2D eigenvalue weighted by Gasteiger charge is 2.23. The zero-order valence-electron chi connectivity index (χ0n) is 23.7. The maximum Gasteiger partial charge on any atom is 0.222 e. The quantitative estimate of drug-likeness (QED) is 0.123. The topological polar surface area (TPSA) is 63.5 Å². The van der Waals surface area contributed by atoms with Crippen molar-refractivity contribution in [1.82, 2.24) is 19.7 Å². The number of para-hydroxylation sites is 2. The second-order valence-corrected chi connectivity index (χ2v) is 11.9. The number of thioether (sulfide) groups is 1. The first-order valence-corrected chi connectivity index (χ1v) is 16.1. The van der Waals surface area contributed by atoms with Gasteiger partial charge in [-0.15, -0.1) is 10.2 Å². The average Bonchev–Trinajstić information content (AvgIpc) is 3.41. The SMILES string of the molecule is CCOc1ccccc1N1CCN(C(=O)CCCCSc2nnc(Cc3ccccc3)n2-c2ccc(Cl)c(Cl)c2)CC1. The number of rotatable bonds is 12. The van der Waals surface area contributed by atoms with Crippen molar-refractivity contribution in [3.05, 3.63) is 94.2 Å². The molecular formula is C32H35Cl2N5O2S. The summed E-state index contributed by atoms with van der Waals surface area (Å²) in [5, 5.41) is 10.8. The van der Waals surface area contributed by atoms with Crippen molar-refractivity contribution in [3.8, 4) is 11.4 Å². The lowest BCUT2D eigenvalue weighted by Gasteiger charge is -2.36. The number of anilines is 1. The van der Waals surface area contributed by atoms with Gasteiger partial charge >= 0.3 is 0 Å². The van der Waals surface area contributed by atoms with E-state index in [-0.39, 0.29) is 5.91 Å². The van der Waals surface area contributed by atoms with Crippen LogP contribution < -0.4 is 9.64 Å². The molecule has 5 rings (SSSR count). The lowest BCUT2D eigenvalue weighted by molar-refractivity contribution is -0.131. The minimum Gasteiger partial charge on any atom is -0.492 e. The van der Waals surface area contributed by atoms with Crippen LogP contribution in [-0.4, -0.2) is 64.1 Å². The Morgan fingerprint density at radius 1 is 0.905 bits per heavy atom. The summed E-state index contributed by atoms with van der Waals surface area (Å²) in [6.45, 7) is 5.70. The Morgan fingerprint density at radius 3 is 2.43 bits per heavy atom. The zero-order chi connectivity index (χ0) is 29.3. The predicted molar refractivity (Wildman–Crippen MR) is 172 cm³/mol. The van der Waals surface area contributed by atoms with Crippen LogP contribution in [0.15, 0.2) is 78.0 Å².